The second-order valence-electron chi connectivity index (χ2n) is 22.0. The standard InChI is InChI=1S/C23H14BrCl2NO4.C15H11BrClNO3.C15H9BrClNO2.C10H10BrClO2.C8H8BrNO.C7H5ClO3.8CH4.Cl2OS/c24-15-5-1-13(2-6-15)19-12-30-22(27-19)18-11-17(26)9-10-20(18)31-21(23(28)29)14-3-7-16(25)8-4-14;16-10-3-1-9(2-4-10)14(20)8-18-15(21)12-7-11(17)5-6-13(12)19;16-10-3-1-9(2-4-10)13-8-20-15(18-13)12-7-11(17)5-6-14(12)19;1-2-14-10(13)9(11)7-3-5-8(12)6-4-7;9-7-3-1-6(2-4-7)8(11)5-10;8-4-1-2-6(9)5(3-4)7(10)11;;;;;;;;;1-4(2)3/h1-12,21H,(H,28,29);1-7,19H,8H2,(H,18,21);1-8,19H;3-6,9H,2H2,1H3;1-4H,5,10H2;1-3,9H,(H,10,11);8*1H4;. The van der Waals surface area contributed by atoms with Gasteiger partial charge in [-0.25, -0.2) is 23.8 Å². The van der Waals surface area contributed by atoms with Crippen LogP contribution in [0.3, 0.4) is 0 Å². The van der Waals surface area contributed by atoms with Gasteiger partial charge in [-0.2, -0.15) is 0 Å². The van der Waals surface area contributed by atoms with Crippen LogP contribution in [-0.4, -0.2) is 94.8 Å². The van der Waals surface area contributed by atoms with Gasteiger partial charge in [0.05, 0.1) is 36.4 Å². The van der Waals surface area contributed by atoms with Crippen molar-refractivity contribution in [3.05, 3.63) is 312 Å². The van der Waals surface area contributed by atoms with Crippen LogP contribution in [0.15, 0.2) is 258 Å². The zero-order valence-corrected chi connectivity index (χ0v) is 72.0. The van der Waals surface area contributed by atoms with E-state index in [4.69, 9.17) is 108 Å². The molecule has 2 heterocycles. The molecule has 34 heteroatoms. The summed E-state index contributed by atoms with van der Waals surface area (Å²) in [6.45, 7) is 2.07. The Morgan fingerprint density at radius 1 is 0.475 bits per heavy atom. The fourth-order valence-electron chi connectivity index (χ4n) is 8.88. The molecule has 1 amide bonds. The number of ketones is 2. The number of nitrogens with one attached hydrogen (secondary N) is 1. The zero-order chi connectivity index (χ0) is 82.3. The van der Waals surface area contributed by atoms with Crippen LogP contribution in [0, 0.1) is 0 Å². The summed E-state index contributed by atoms with van der Waals surface area (Å²) in [6, 6.07) is 60.4. The van der Waals surface area contributed by atoms with Crippen LogP contribution in [0.1, 0.15) is 130 Å². The van der Waals surface area contributed by atoms with Gasteiger partial charge >= 0.3 is 17.9 Å². The second-order valence-corrected chi connectivity index (χ2v) is 31.7. The predicted molar refractivity (Wildman–Crippen MR) is 509 cm³/mol. The maximum absolute atomic E-state index is 11.9. The molecule has 0 aliphatic carbocycles. The van der Waals surface area contributed by atoms with Crippen LogP contribution in [-0.2, 0) is 23.6 Å². The third-order valence-electron chi connectivity index (χ3n) is 14.3. The summed E-state index contributed by atoms with van der Waals surface area (Å²) in [7, 11) is 7.36. The summed E-state index contributed by atoms with van der Waals surface area (Å²) in [6.07, 6.45) is 1.83. The minimum absolute atomic E-state index is 0. The van der Waals surface area contributed by atoms with Gasteiger partial charge in [-0.3, -0.25) is 19.2 Å². The molecule has 12 aromatic rings. The number of esters is 1. The fourth-order valence-corrected chi connectivity index (χ4v) is 11.3. The molecule has 8 N–H and O–H groups in total. The molecule has 0 spiro atoms. The molecule has 0 fully saturated rings. The summed E-state index contributed by atoms with van der Waals surface area (Å²) in [5, 5.41) is 51.8. The zero-order valence-electron chi connectivity index (χ0n) is 57.2. The lowest BCUT2D eigenvalue weighted by molar-refractivity contribution is -0.145. The number of oxazole rings is 2. The summed E-state index contributed by atoms with van der Waals surface area (Å²) in [5.74, 6) is -2.94. The van der Waals surface area contributed by atoms with Crippen molar-refractivity contribution in [3.63, 3.8) is 0 Å². The minimum atomic E-state index is -1.67. The van der Waals surface area contributed by atoms with Gasteiger partial charge in [-0.05, 0) is 158 Å². The third kappa shape index (κ3) is 38.5. The summed E-state index contributed by atoms with van der Waals surface area (Å²) >= 11 is 51.6. The van der Waals surface area contributed by atoms with Crippen LogP contribution >= 0.6 is 171 Å². The average Bonchev–Trinajstić information content (AvgIpc) is 1.62. The predicted octanol–water partition coefficient (Wildman–Crippen LogP) is 28.6. The normalized spacial score (nSPS) is 10.1. The number of carboxylic acid groups (broad SMARTS) is 2. The van der Waals surface area contributed by atoms with E-state index in [0.717, 1.165) is 34.6 Å². The Hall–Kier alpha value is -8.13. The highest BCUT2D eigenvalue weighted by molar-refractivity contribution is 9.11. The van der Waals surface area contributed by atoms with E-state index in [0.29, 0.717) is 81.8 Å². The molecule has 0 saturated carbocycles. The number of nitrogens with two attached hydrogens (primary N) is 1. The molecule has 0 radical (unpaired) electrons. The van der Waals surface area contributed by atoms with Gasteiger partial charge < -0.3 is 54.9 Å². The number of phenols is 3. The first-order valence-electron chi connectivity index (χ1n) is 31.7. The van der Waals surface area contributed by atoms with Crippen molar-refractivity contribution in [1.82, 2.24) is 15.3 Å². The van der Waals surface area contributed by atoms with Crippen LogP contribution in [0.2, 0.25) is 30.1 Å². The molecule has 2 unspecified atom stereocenters. The highest BCUT2D eigenvalue weighted by atomic mass is 79.9. The van der Waals surface area contributed by atoms with Gasteiger partial charge in [-0.1, -0.05) is 281 Å². The first-order valence-corrected chi connectivity index (χ1v) is 40.8. The molecule has 120 heavy (non-hydrogen) atoms. The number of aromatic hydroxyl groups is 3. The Morgan fingerprint density at radius 3 is 1.23 bits per heavy atom. The van der Waals surface area contributed by atoms with Gasteiger partial charge in [-0.15, -0.1) is 0 Å². The molecular weight excluding hydrogens is 2060 g/mol. The number of hydrogen-bond donors (Lipinski definition) is 7. The van der Waals surface area contributed by atoms with E-state index in [9.17, 15) is 44.1 Å². The number of aromatic nitrogens is 2. The minimum Gasteiger partial charge on any atom is -0.507 e. The van der Waals surface area contributed by atoms with Crippen molar-refractivity contribution in [3.8, 4) is 68.4 Å². The number of aromatic carboxylic acids is 1. The highest BCUT2D eigenvalue weighted by Crippen LogP contribution is 2.38. The van der Waals surface area contributed by atoms with Gasteiger partial charge in [0.25, 0.3) is 5.91 Å². The molecule has 0 aliphatic rings. The molecule has 12 rings (SSSR count). The van der Waals surface area contributed by atoms with E-state index in [1.165, 1.54) is 48.7 Å². The molecule has 2 atom stereocenters. The Labute approximate surface area is 783 Å². The topological polar surface area (TPSA) is 329 Å². The first kappa shape index (κ1) is 116. The largest absolute Gasteiger partial charge is 0.507 e. The van der Waals surface area contributed by atoms with E-state index >= 15 is 0 Å². The quantitative estimate of drug-likeness (QED) is 0.0182. The number of nitrogens with zero attached hydrogens (tertiary/aromatic N) is 2. The lowest BCUT2D eigenvalue weighted by Crippen LogP contribution is -2.29. The van der Waals surface area contributed by atoms with Crippen molar-refractivity contribution in [2.24, 2.45) is 5.73 Å². The Morgan fingerprint density at radius 2 is 0.825 bits per heavy atom. The number of amides is 1. The molecule has 0 bridgehead atoms. The lowest BCUT2D eigenvalue weighted by Gasteiger charge is -2.17. The number of rotatable bonds is 18. The molecule has 2 aromatic heterocycles. The molecular formula is C86H89Br5Cl8N4O16S. The van der Waals surface area contributed by atoms with Crippen molar-refractivity contribution in [2.45, 2.75) is 77.3 Å². The summed E-state index contributed by atoms with van der Waals surface area (Å²) in [5.41, 5.74) is 11.5. The number of carbonyl (C=O) groups excluding carboxylic acids is 4. The number of hydrogen-bond acceptors (Lipinski definition) is 17. The van der Waals surface area contributed by atoms with Gasteiger partial charge in [0, 0.05) is 97.2 Å². The van der Waals surface area contributed by atoms with Crippen molar-refractivity contribution in [2.75, 3.05) is 19.7 Å². The molecule has 0 aliphatic heterocycles. The number of Topliss-reactive ketones (excluding diaryl/α,β-unsaturated/α-hetero) is 2. The number of phenolic OH excluding ortho intramolecular Hbond substituents is 2. The van der Waals surface area contributed by atoms with Crippen molar-refractivity contribution < 1.29 is 76.8 Å². The lowest BCUT2D eigenvalue weighted by atomic mass is 10.1. The number of ether oxygens (including phenoxy) is 2. The number of carbonyl (C=O) groups is 6. The maximum atomic E-state index is 11.9. The van der Waals surface area contributed by atoms with Gasteiger partial charge in [0.15, 0.2) is 11.6 Å². The van der Waals surface area contributed by atoms with Crippen molar-refractivity contribution >= 4 is 215 Å². The van der Waals surface area contributed by atoms with Gasteiger partial charge in [0.1, 0.15) is 57.3 Å². The molecule has 20 nitrogen and oxygen atoms in total. The van der Waals surface area contributed by atoms with E-state index in [2.05, 4.69) is 116 Å². The van der Waals surface area contributed by atoms with Crippen LogP contribution in [0.5, 0.6) is 23.0 Å². The monoisotopic (exact) mass is 2140 g/mol. The summed E-state index contributed by atoms with van der Waals surface area (Å²) < 4.78 is 34.7. The number of benzene rings is 10. The second kappa shape index (κ2) is 58.8. The smallest absolute Gasteiger partial charge is 0.349 e. The molecule has 0 saturated heterocycles. The maximum Gasteiger partial charge on any atom is 0.349 e. The Kier molecular flexibility index (Phi) is 56.8. The average molecular weight is 2150 g/mol. The molecule has 10 aromatic carbocycles. The van der Waals surface area contributed by atoms with Crippen molar-refractivity contribution in [1.29, 1.82) is 0 Å². The van der Waals surface area contributed by atoms with E-state index in [-0.39, 0.29) is 130 Å². The van der Waals surface area contributed by atoms with E-state index in [1.54, 1.807) is 128 Å². The van der Waals surface area contributed by atoms with E-state index < -0.39 is 38.0 Å². The van der Waals surface area contributed by atoms with Crippen LogP contribution in [0.25, 0.3) is 45.4 Å². The summed E-state index contributed by atoms with van der Waals surface area (Å²) in [4.78, 5) is 76.9. The van der Waals surface area contributed by atoms with Crippen LogP contribution in [0.4, 0.5) is 0 Å². The number of aliphatic carboxylic acids is 1. The number of alkyl halides is 1. The highest BCUT2D eigenvalue weighted by Gasteiger charge is 2.26. The fraction of sp³-hybridized carbons (Fsp3) is 0.163. The number of halogens is 13. The number of carboxylic acids is 2. The Balaban J connectivity index is -0.00000139. The van der Waals surface area contributed by atoms with E-state index in [1.807, 2.05) is 60.7 Å². The first-order chi connectivity index (χ1) is 53.2. The molecule has 646 valence electrons. The Bertz CT molecular complexity index is 5200. The van der Waals surface area contributed by atoms with Gasteiger partial charge in [0.2, 0.25) is 27.1 Å². The third-order valence-corrected chi connectivity index (χ3v) is 18.7. The SMILES string of the molecule is C.C.C.C.C.C.C.C.CCOC(=O)C(Br)c1ccc(Cl)cc1.NCC(=O)c1ccc(Br)cc1.O=C(CNC(=O)c1cc(Cl)ccc1O)c1ccc(Br)cc1.O=C(O)C(Oc1ccc(Cl)cc1-c1nc(-c2ccc(Br)cc2)co1)c1ccc(Cl)cc1.O=C(O)c1cc(Cl)ccc1O.O=S(Cl)Cl.Oc1ccc(Cl)cc1-c1nc(-c2ccc(Br)cc2)co1. The van der Waals surface area contributed by atoms with Crippen LogP contribution < -0.4 is 15.8 Å².